The SMILES string of the molecule is CSc1nc(C)cc(N2C3CC2CN(c2ccnc(C)n2)C3)n1. The molecule has 3 aliphatic rings. The Labute approximate surface area is 140 Å². The summed E-state index contributed by atoms with van der Waals surface area (Å²) < 4.78 is 0. The van der Waals surface area contributed by atoms with Crippen LogP contribution in [-0.2, 0) is 0 Å². The Balaban J connectivity index is 1.55. The first kappa shape index (κ1) is 14.7. The smallest absolute Gasteiger partial charge is 0.189 e. The summed E-state index contributed by atoms with van der Waals surface area (Å²) in [5.41, 5.74) is 1.03. The summed E-state index contributed by atoms with van der Waals surface area (Å²) >= 11 is 1.60. The fraction of sp³-hybridized carbons (Fsp3) is 0.500. The minimum Gasteiger partial charge on any atom is -0.352 e. The summed E-state index contributed by atoms with van der Waals surface area (Å²) in [6.07, 6.45) is 5.10. The van der Waals surface area contributed by atoms with Gasteiger partial charge in [0, 0.05) is 31.0 Å². The number of rotatable bonds is 3. The van der Waals surface area contributed by atoms with Gasteiger partial charge in [0.05, 0.1) is 12.1 Å². The Morgan fingerprint density at radius 2 is 1.87 bits per heavy atom. The largest absolute Gasteiger partial charge is 0.352 e. The molecule has 0 aromatic carbocycles. The fourth-order valence-electron chi connectivity index (χ4n) is 3.54. The van der Waals surface area contributed by atoms with E-state index in [1.807, 2.05) is 32.4 Å². The first-order chi connectivity index (χ1) is 11.1. The predicted molar refractivity (Wildman–Crippen MR) is 92.2 cm³/mol. The fourth-order valence-corrected chi connectivity index (χ4v) is 3.96. The highest BCUT2D eigenvalue weighted by Gasteiger charge is 2.45. The normalized spacial score (nSPS) is 22.9. The minimum absolute atomic E-state index is 0.507. The average molecular weight is 328 g/mol. The van der Waals surface area contributed by atoms with Crippen molar-refractivity contribution in [1.29, 1.82) is 0 Å². The number of aryl methyl sites for hydroxylation is 2. The van der Waals surface area contributed by atoms with E-state index in [4.69, 9.17) is 4.98 Å². The number of anilines is 2. The van der Waals surface area contributed by atoms with Gasteiger partial charge in [0.2, 0.25) is 0 Å². The molecule has 5 rings (SSSR count). The van der Waals surface area contributed by atoms with Crippen LogP contribution in [0.5, 0.6) is 0 Å². The number of hydrogen-bond donors (Lipinski definition) is 0. The molecule has 5 heterocycles. The maximum atomic E-state index is 4.70. The second kappa shape index (κ2) is 5.63. The van der Waals surface area contributed by atoms with E-state index in [1.54, 1.807) is 11.8 Å². The predicted octanol–water partition coefficient (Wildman–Crippen LogP) is 2.07. The van der Waals surface area contributed by atoms with Crippen molar-refractivity contribution in [2.45, 2.75) is 37.5 Å². The second-order valence-electron chi connectivity index (χ2n) is 6.17. The molecule has 3 aliphatic heterocycles. The lowest BCUT2D eigenvalue weighted by atomic mass is 9.87. The molecule has 2 aromatic rings. The van der Waals surface area contributed by atoms with E-state index in [9.17, 15) is 0 Å². The van der Waals surface area contributed by atoms with Crippen LogP contribution in [0.1, 0.15) is 17.9 Å². The van der Waals surface area contributed by atoms with Crippen molar-refractivity contribution in [3.05, 3.63) is 29.8 Å². The molecule has 0 spiro atoms. The van der Waals surface area contributed by atoms with Gasteiger partial charge in [0.1, 0.15) is 17.5 Å². The molecule has 3 fully saturated rings. The van der Waals surface area contributed by atoms with Crippen molar-refractivity contribution in [1.82, 2.24) is 19.9 Å². The van der Waals surface area contributed by atoms with E-state index in [-0.39, 0.29) is 0 Å². The zero-order valence-corrected chi connectivity index (χ0v) is 14.4. The number of piperidine rings is 1. The van der Waals surface area contributed by atoms with Crippen LogP contribution in [-0.4, -0.2) is 51.4 Å². The highest BCUT2D eigenvalue weighted by atomic mass is 32.2. The van der Waals surface area contributed by atoms with Crippen molar-refractivity contribution < 1.29 is 0 Å². The molecular formula is C16H20N6S. The molecule has 0 amide bonds. The molecule has 0 N–H and O–H groups in total. The van der Waals surface area contributed by atoms with Gasteiger partial charge in [-0.3, -0.25) is 0 Å². The monoisotopic (exact) mass is 328 g/mol. The summed E-state index contributed by atoms with van der Waals surface area (Å²) in [5.74, 6) is 2.94. The van der Waals surface area contributed by atoms with E-state index in [0.717, 1.165) is 41.4 Å². The number of nitrogens with zero attached hydrogens (tertiary/aromatic N) is 6. The third-order valence-corrected chi connectivity index (χ3v) is 5.09. The third kappa shape index (κ3) is 2.63. The Hall–Kier alpha value is -1.89. The quantitative estimate of drug-likeness (QED) is 0.631. The zero-order valence-electron chi connectivity index (χ0n) is 13.6. The molecule has 2 bridgehead atoms. The van der Waals surface area contributed by atoms with Crippen molar-refractivity contribution in [3.8, 4) is 0 Å². The Morgan fingerprint density at radius 3 is 2.57 bits per heavy atom. The van der Waals surface area contributed by atoms with Gasteiger partial charge in [0.25, 0.3) is 0 Å². The number of aromatic nitrogens is 4. The lowest BCUT2D eigenvalue weighted by Gasteiger charge is -2.57. The number of piperazine rings is 1. The maximum absolute atomic E-state index is 4.70. The van der Waals surface area contributed by atoms with Crippen molar-refractivity contribution in [3.63, 3.8) is 0 Å². The number of fused-ring (bicyclic) bond motifs is 2. The van der Waals surface area contributed by atoms with Crippen LogP contribution in [0.3, 0.4) is 0 Å². The third-order valence-electron chi connectivity index (χ3n) is 4.55. The van der Waals surface area contributed by atoms with Gasteiger partial charge in [-0.05, 0) is 32.6 Å². The Kier molecular flexibility index (Phi) is 3.60. The van der Waals surface area contributed by atoms with E-state index in [1.165, 1.54) is 6.42 Å². The van der Waals surface area contributed by atoms with Crippen LogP contribution in [0.15, 0.2) is 23.5 Å². The van der Waals surface area contributed by atoms with Gasteiger partial charge in [0.15, 0.2) is 5.16 Å². The highest BCUT2D eigenvalue weighted by Crippen LogP contribution is 2.37. The lowest BCUT2D eigenvalue weighted by molar-refractivity contribution is 0.287. The van der Waals surface area contributed by atoms with Crippen LogP contribution in [0.25, 0.3) is 0 Å². The summed E-state index contributed by atoms with van der Waals surface area (Å²) in [4.78, 5) is 22.7. The van der Waals surface area contributed by atoms with E-state index in [0.29, 0.717) is 12.1 Å². The molecule has 0 saturated carbocycles. The topological polar surface area (TPSA) is 58.0 Å². The van der Waals surface area contributed by atoms with Crippen LogP contribution >= 0.6 is 11.8 Å². The molecule has 0 radical (unpaired) electrons. The molecule has 6 nitrogen and oxygen atoms in total. The van der Waals surface area contributed by atoms with Crippen LogP contribution in [0.2, 0.25) is 0 Å². The standard InChI is InChI=1S/C16H20N6S/c1-10-6-15(20-16(18-10)23-3)22-12-7-13(22)9-21(8-12)14-4-5-17-11(2)19-14/h4-6,12-13H,7-9H2,1-3H3. The Bertz CT molecular complexity index is 724. The minimum atomic E-state index is 0.507. The number of thioether (sulfide) groups is 1. The molecule has 3 saturated heterocycles. The van der Waals surface area contributed by atoms with Crippen LogP contribution in [0.4, 0.5) is 11.6 Å². The second-order valence-corrected chi connectivity index (χ2v) is 6.95. The van der Waals surface area contributed by atoms with Crippen LogP contribution < -0.4 is 9.80 Å². The Morgan fingerprint density at radius 1 is 1.09 bits per heavy atom. The molecule has 2 atom stereocenters. The summed E-state index contributed by atoms with van der Waals surface area (Å²) in [6.45, 7) is 5.96. The number of hydrogen-bond acceptors (Lipinski definition) is 7. The lowest BCUT2D eigenvalue weighted by Crippen LogP contribution is -2.69. The molecule has 7 heteroatoms. The van der Waals surface area contributed by atoms with E-state index >= 15 is 0 Å². The van der Waals surface area contributed by atoms with Crippen molar-refractivity contribution in [2.24, 2.45) is 0 Å². The molecule has 0 aliphatic carbocycles. The van der Waals surface area contributed by atoms with Gasteiger partial charge in [-0.15, -0.1) is 0 Å². The van der Waals surface area contributed by atoms with Gasteiger partial charge in [-0.2, -0.15) is 0 Å². The van der Waals surface area contributed by atoms with Gasteiger partial charge in [-0.25, -0.2) is 19.9 Å². The van der Waals surface area contributed by atoms with E-state index in [2.05, 4.69) is 30.8 Å². The summed E-state index contributed by atoms with van der Waals surface area (Å²) in [7, 11) is 0. The molecule has 23 heavy (non-hydrogen) atoms. The van der Waals surface area contributed by atoms with Gasteiger partial charge >= 0.3 is 0 Å². The van der Waals surface area contributed by atoms with Gasteiger partial charge in [-0.1, -0.05) is 11.8 Å². The summed E-state index contributed by atoms with van der Waals surface area (Å²) in [5, 5.41) is 0.855. The zero-order chi connectivity index (χ0) is 16.0. The van der Waals surface area contributed by atoms with Crippen molar-refractivity contribution in [2.75, 3.05) is 29.1 Å². The average Bonchev–Trinajstić information content (AvgIpc) is 2.54. The molecule has 2 unspecified atom stereocenters. The molecule has 2 aromatic heterocycles. The van der Waals surface area contributed by atoms with Gasteiger partial charge < -0.3 is 9.80 Å². The maximum Gasteiger partial charge on any atom is 0.189 e. The summed E-state index contributed by atoms with van der Waals surface area (Å²) in [6, 6.07) is 5.12. The molecular weight excluding hydrogens is 308 g/mol. The molecule has 120 valence electrons. The van der Waals surface area contributed by atoms with Crippen molar-refractivity contribution >= 4 is 23.4 Å². The first-order valence-corrected chi connectivity index (χ1v) is 9.09. The van der Waals surface area contributed by atoms with Crippen LogP contribution in [0, 0.1) is 13.8 Å². The van der Waals surface area contributed by atoms with E-state index < -0.39 is 0 Å². The highest BCUT2D eigenvalue weighted by molar-refractivity contribution is 7.98. The first-order valence-electron chi connectivity index (χ1n) is 7.86.